The third-order valence-electron chi connectivity index (χ3n) is 4.56. The third kappa shape index (κ3) is 2.86. The van der Waals surface area contributed by atoms with Crippen LogP contribution in [0.15, 0.2) is 0 Å². The van der Waals surface area contributed by atoms with Crippen LogP contribution in [0.25, 0.3) is 0 Å². The zero-order valence-corrected chi connectivity index (χ0v) is 13.0. The van der Waals surface area contributed by atoms with Gasteiger partial charge >= 0.3 is 12.1 Å². The number of carboxylic acids is 1. The van der Waals surface area contributed by atoms with Gasteiger partial charge in [0.1, 0.15) is 11.2 Å². The summed E-state index contributed by atoms with van der Waals surface area (Å²) in [6, 6.07) is 0. The van der Waals surface area contributed by atoms with E-state index in [4.69, 9.17) is 4.74 Å². The van der Waals surface area contributed by atoms with Crippen LogP contribution >= 0.6 is 0 Å². The second-order valence-electron chi connectivity index (χ2n) is 7.32. The molecule has 1 aliphatic carbocycles. The molecule has 0 bridgehead atoms. The van der Waals surface area contributed by atoms with Crippen LogP contribution in [0.2, 0.25) is 0 Å². The number of carbonyl (C=O) groups excluding carboxylic acids is 1. The van der Waals surface area contributed by atoms with Crippen molar-refractivity contribution in [2.45, 2.75) is 64.1 Å². The molecule has 0 spiro atoms. The first kappa shape index (κ1) is 16.1. The van der Waals surface area contributed by atoms with Crippen molar-refractivity contribution in [1.82, 2.24) is 4.90 Å². The Balaban J connectivity index is 2.05. The normalized spacial score (nSPS) is 24.1. The van der Waals surface area contributed by atoms with Gasteiger partial charge in [0.15, 0.2) is 0 Å². The number of carboxylic acid groups (broad SMARTS) is 1. The van der Waals surface area contributed by atoms with E-state index in [-0.39, 0.29) is 13.1 Å². The number of rotatable bonds is 2. The fourth-order valence-corrected chi connectivity index (χ4v) is 3.38. The van der Waals surface area contributed by atoms with Crippen molar-refractivity contribution in [2.75, 3.05) is 13.1 Å². The van der Waals surface area contributed by atoms with Crippen LogP contribution in [-0.2, 0) is 9.53 Å². The first-order valence-corrected chi connectivity index (χ1v) is 7.53. The van der Waals surface area contributed by atoms with Gasteiger partial charge in [0, 0.05) is 0 Å². The Labute approximate surface area is 125 Å². The van der Waals surface area contributed by atoms with Gasteiger partial charge in [0.25, 0.3) is 0 Å². The van der Waals surface area contributed by atoms with E-state index in [1.807, 2.05) is 0 Å². The van der Waals surface area contributed by atoms with E-state index in [0.717, 1.165) is 19.3 Å². The lowest BCUT2D eigenvalue weighted by Gasteiger charge is -2.55. The van der Waals surface area contributed by atoms with E-state index in [9.17, 15) is 19.8 Å². The molecule has 2 rings (SSSR count). The molecule has 1 saturated heterocycles. The third-order valence-corrected chi connectivity index (χ3v) is 4.56. The van der Waals surface area contributed by atoms with Crippen molar-refractivity contribution in [1.29, 1.82) is 0 Å². The molecule has 0 aromatic heterocycles. The van der Waals surface area contributed by atoms with Crippen LogP contribution in [-0.4, -0.2) is 51.5 Å². The Morgan fingerprint density at radius 2 is 1.62 bits per heavy atom. The molecule has 1 aliphatic heterocycles. The maximum Gasteiger partial charge on any atom is 0.410 e. The minimum absolute atomic E-state index is 0.0359. The van der Waals surface area contributed by atoms with E-state index < -0.39 is 28.7 Å². The summed E-state index contributed by atoms with van der Waals surface area (Å²) >= 11 is 0. The highest BCUT2D eigenvalue weighted by Crippen LogP contribution is 2.49. The summed E-state index contributed by atoms with van der Waals surface area (Å²) in [7, 11) is 0. The Morgan fingerprint density at radius 3 is 2.05 bits per heavy atom. The summed E-state index contributed by atoms with van der Waals surface area (Å²) in [6.07, 6.45) is 3.06. The quantitative estimate of drug-likeness (QED) is 0.814. The zero-order valence-electron chi connectivity index (χ0n) is 13.0. The van der Waals surface area contributed by atoms with Crippen molar-refractivity contribution in [3.8, 4) is 0 Å². The number of aliphatic carboxylic acids is 1. The summed E-state index contributed by atoms with van der Waals surface area (Å²) in [4.78, 5) is 25.0. The molecular formula is C15H25NO5. The van der Waals surface area contributed by atoms with Gasteiger partial charge in [-0.1, -0.05) is 19.3 Å². The summed E-state index contributed by atoms with van der Waals surface area (Å²) in [5.41, 5.74) is -3.06. The number of hydrogen-bond acceptors (Lipinski definition) is 4. The van der Waals surface area contributed by atoms with Crippen LogP contribution in [0.1, 0.15) is 52.9 Å². The maximum absolute atomic E-state index is 11.9. The van der Waals surface area contributed by atoms with Crippen LogP contribution in [0, 0.1) is 5.41 Å². The number of hydrogen-bond donors (Lipinski definition) is 2. The Bertz CT molecular complexity index is 428. The average molecular weight is 299 g/mol. The van der Waals surface area contributed by atoms with E-state index in [2.05, 4.69) is 0 Å². The van der Waals surface area contributed by atoms with Crippen LogP contribution in [0.3, 0.4) is 0 Å². The van der Waals surface area contributed by atoms with Crippen molar-refractivity contribution in [2.24, 2.45) is 5.41 Å². The summed E-state index contributed by atoms with van der Waals surface area (Å²) in [6.45, 7) is 5.40. The molecule has 2 N–H and O–H groups in total. The Kier molecular flexibility index (Phi) is 3.95. The molecule has 0 aromatic rings. The van der Waals surface area contributed by atoms with Gasteiger partial charge in [-0.05, 0) is 33.6 Å². The topological polar surface area (TPSA) is 87.1 Å². The maximum atomic E-state index is 11.9. The highest BCUT2D eigenvalue weighted by molar-refractivity contribution is 5.78. The monoisotopic (exact) mass is 299 g/mol. The molecule has 2 fully saturated rings. The second kappa shape index (κ2) is 5.16. The number of nitrogens with zero attached hydrogens (tertiary/aromatic N) is 1. The van der Waals surface area contributed by atoms with Crippen molar-refractivity contribution in [3.05, 3.63) is 0 Å². The number of aliphatic hydroxyl groups is 1. The molecule has 21 heavy (non-hydrogen) atoms. The largest absolute Gasteiger partial charge is 0.481 e. The fraction of sp³-hybridized carbons (Fsp3) is 0.867. The van der Waals surface area contributed by atoms with E-state index in [1.165, 1.54) is 4.90 Å². The number of carbonyl (C=O) groups is 2. The Hall–Kier alpha value is -1.30. The van der Waals surface area contributed by atoms with Gasteiger partial charge in [0.05, 0.1) is 18.5 Å². The highest BCUT2D eigenvalue weighted by Gasteiger charge is 2.62. The Morgan fingerprint density at radius 1 is 1.10 bits per heavy atom. The molecule has 6 heteroatoms. The van der Waals surface area contributed by atoms with Gasteiger partial charge in [0.2, 0.25) is 0 Å². The van der Waals surface area contributed by atoms with Crippen LogP contribution < -0.4 is 0 Å². The molecule has 6 nitrogen and oxygen atoms in total. The van der Waals surface area contributed by atoms with E-state index in [0.29, 0.717) is 12.8 Å². The molecule has 1 amide bonds. The molecule has 0 aromatic carbocycles. The number of β-amino-alcohol motifs (C(OH)–C–C–N with tert-alkyl or cyclic N) is 1. The van der Waals surface area contributed by atoms with E-state index >= 15 is 0 Å². The molecule has 0 atom stereocenters. The number of ether oxygens (including phenoxy) is 1. The van der Waals surface area contributed by atoms with Gasteiger partial charge in [-0.15, -0.1) is 0 Å². The minimum atomic E-state index is -1.34. The van der Waals surface area contributed by atoms with Gasteiger partial charge < -0.3 is 19.8 Å². The molecule has 0 unspecified atom stereocenters. The first-order valence-electron chi connectivity index (χ1n) is 7.53. The first-order chi connectivity index (χ1) is 9.60. The molecule has 1 heterocycles. The van der Waals surface area contributed by atoms with Gasteiger partial charge in [-0.25, -0.2) is 4.79 Å². The summed E-state index contributed by atoms with van der Waals surface area (Å²) in [5, 5.41) is 20.3. The summed E-state index contributed by atoms with van der Waals surface area (Å²) < 4.78 is 5.24. The molecule has 120 valence electrons. The molecular weight excluding hydrogens is 274 g/mol. The van der Waals surface area contributed by atoms with Gasteiger partial charge in [-0.3, -0.25) is 4.79 Å². The zero-order chi connectivity index (χ0) is 15.9. The lowest BCUT2D eigenvalue weighted by Crippen LogP contribution is -2.73. The minimum Gasteiger partial charge on any atom is -0.481 e. The predicted octanol–water partition coefficient (Wildman–Crippen LogP) is 2.00. The van der Waals surface area contributed by atoms with Crippen LogP contribution in [0.4, 0.5) is 4.79 Å². The van der Waals surface area contributed by atoms with Crippen molar-refractivity contribution in [3.63, 3.8) is 0 Å². The lowest BCUT2D eigenvalue weighted by atomic mass is 9.60. The van der Waals surface area contributed by atoms with E-state index in [1.54, 1.807) is 20.8 Å². The fourth-order valence-electron chi connectivity index (χ4n) is 3.38. The van der Waals surface area contributed by atoms with Gasteiger partial charge in [-0.2, -0.15) is 0 Å². The SMILES string of the molecule is CC(C)(C)OC(=O)N1CC(O)(C2(C(=O)O)CCCCC2)C1. The lowest BCUT2D eigenvalue weighted by molar-refractivity contribution is -0.204. The van der Waals surface area contributed by atoms with Crippen molar-refractivity contribution < 1.29 is 24.5 Å². The smallest absolute Gasteiger partial charge is 0.410 e. The second-order valence-corrected chi connectivity index (χ2v) is 7.32. The highest BCUT2D eigenvalue weighted by atomic mass is 16.6. The number of amides is 1. The average Bonchev–Trinajstić information content (AvgIpc) is 2.33. The molecule has 0 radical (unpaired) electrons. The molecule has 1 saturated carbocycles. The predicted molar refractivity (Wildman–Crippen MR) is 75.9 cm³/mol. The standard InChI is InChI=1S/C15H25NO5/c1-13(2,3)21-12(19)16-9-15(20,10-16)14(11(17)18)7-5-4-6-8-14/h20H,4-10H2,1-3H3,(H,17,18). The van der Waals surface area contributed by atoms with Crippen molar-refractivity contribution >= 4 is 12.1 Å². The van der Waals surface area contributed by atoms with Crippen LogP contribution in [0.5, 0.6) is 0 Å². The molecule has 2 aliphatic rings. The summed E-state index contributed by atoms with van der Waals surface area (Å²) in [5.74, 6) is -0.950. The number of likely N-dealkylation sites (tertiary alicyclic amines) is 1.